The summed E-state index contributed by atoms with van der Waals surface area (Å²) < 4.78 is 5.15. The normalized spacial score (nSPS) is 24.3. The van der Waals surface area contributed by atoms with Crippen molar-refractivity contribution < 1.29 is 23.9 Å². The smallest absolute Gasteiger partial charge is 0.338 e. The number of ketones is 1. The summed E-state index contributed by atoms with van der Waals surface area (Å²) in [6.07, 6.45) is 0. The zero-order valence-electron chi connectivity index (χ0n) is 26.2. The quantitative estimate of drug-likeness (QED) is 0.142. The predicted molar refractivity (Wildman–Crippen MR) is 183 cm³/mol. The number of carbonyl (C=O) groups excluding carboxylic acids is 4. The highest BCUT2D eigenvalue weighted by Gasteiger charge is 2.82. The van der Waals surface area contributed by atoms with Gasteiger partial charge >= 0.3 is 5.97 Å². The number of ether oxygens (including phenoxy) is 1. The lowest BCUT2D eigenvalue weighted by Crippen LogP contribution is -2.45. The summed E-state index contributed by atoms with van der Waals surface area (Å²) in [5.41, 5.74) is 2.20. The first kappa shape index (κ1) is 29.5. The Balaban J connectivity index is 1.46. The number of Topliss-reactive ketones (excluding diaryl/α,β-unsaturated/α-hetero) is 1. The van der Waals surface area contributed by atoms with E-state index in [4.69, 9.17) is 4.74 Å². The molecule has 234 valence electrons. The molecule has 2 amide bonds. The molecular formula is C42H31NO5. The molecule has 1 aliphatic heterocycles. The molecule has 4 atom stereocenters. The number of allylic oxidation sites excluding steroid dienone is 2. The van der Waals surface area contributed by atoms with Gasteiger partial charge in [0.25, 0.3) is 0 Å². The molecule has 5 aromatic rings. The summed E-state index contributed by atoms with van der Waals surface area (Å²) in [6.45, 7) is 1.96. The zero-order valence-corrected chi connectivity index (χ0v) is 26.2. The third kappa shape index (κ3) is 3.80. The van der Waals surface area contributed by atoms with E-state index in [-0.39, 0.29) is 12.4 Å². The van der Waals surface area contributed by atoms with Gasteiger partial charge < -0.3 is 4.74 Å². The number of imide groups is 1. The number of hydrogen-bond donors (Lipinski definition) is 0. The molecule has 48 heavy (non-hydrogen) atoms. The third-order valence-corrected chi connectivity index (χ3v) is 10.2. The monoisotopic (exact) mass is 629 g/mol. The molecule has 1 saturated heterocycles. The number of esters is 1. The van der Waals surface area contributed by atoms with Crippen LogP contribution in [0.2, 0.25) is 0 Å². The Labute approximate surface area is 278 Å². The number of hydrogen-bond acceptors (Lipinski definition) is 5. The maximum Gasteiger partial charge on any atom is 0.338 e. The molecule has 0 unspecified atom stereocenters. The van der Waals surface area contributed by atoms with Crippen molar-refractivity contribution in [3.05, 3.63) is 173 Å². The van der Waals surface area contributed by atoms with Gasteiger partial charge in [0.15, 0.2) is 5.78 Å². The Morgan fingerprint density at radius 3 is 1.38 bits per heavy atom. The van der Waals surface area contributed by atoms with Crippen LogP contribution < -0.4 is 4.90 Å². The second-order valence-corrected chi connectivity index (χ2v) is 12.4. The first-order chi connectivity index (χ1) is 23.5. The zero-order chi connectivity index (χ0) is 33.0. The average molecular weight is 630 g/mol. The summed E-state index contributed by atoms with van der Waals surface area (Å²) in [7, 11) is 0. The minimum Gasteiger partial charge on any atom is -0.462 e. The van der Waals surface area contributed by atoms with E-state index >= 15 is 14.4 Å². The van der Waals surface area contributed by atoms with E-state index in [0.29, 0.717) is 22.4 Å². The van der Waals surface area contributed by atoms with E-state index in [2.05, 4.69) is 0 Å². The van der Waals surface area contributed by atoms with Crippen molar-refractivity contribution in [1.29, 1.82) is 0 Å². The molecule has 1 heterocycles. The fourth-order valence-electron chi connectivity index (χ4n) is 8.55. The molecule has 2 bridgehead atoms. The molecular weight excluding hydrogens is 598 g/mol. The number of carbonyl (C=O) groups is 4. The fourth-order valence-corrected chi connectivity index (χ4v) is 8.55. The van der Waals surface area contributed by atoms with Crippen molar-refractivity contribution in [3.8, 4) is 0 Å². The summed E-state index contributed by atoms with van der Waals surface area (Å²) in [5.74, 6) is -3.58. The second kappa shape index (κ2) is 11.1. The number of benzene rings is 5. The topological polar surface area (TPSA) is 80.8 Å². The maximum absolute atomic E-state index is 15.9. The summed E-state index contributed by atoms with van der Waals surface area (Å²) >= 11 is 0. The van der Waals surface area contributed by atoms with Crippen LogP contribution >= 0.6 is 0 Å². The van der Waals surface area contributed by atoms with Crippen LogP contribution in [0.4, 0.5) is 5.69 Å². The van der Waals surface area contributed by atoms with E-state index in [1.807, 2.05) is 121 Å². The second-order valence-electron chi connectivity index (χ2n) is 12.4. The van der Waals surface area contributed by atoms with E-state index < -0.39 is 40.4 Å². The van der Waals surface area contributed by atoms with Crippen LogP contribution in [0.15, 0.2) is 146 Å². The van der Waals surface area contributed by atoms with Crippen LogP contribution in [0, 0.1) is 11.8 Å². The molecule has 6 nitrogen and oxygen atoms in total. The van der Waals surface area contributed by atoms with Crippen molar-refractivity contribution in [2.75, 3.05) is 11.5 Å². The first-order valence-corrected chi connectivity index (χ1v) is 16.1. The minimum absolute atomic E-state index is 0.167. The lowest BCUT2D eigenvalue weighted by Gasteiger charge is -2.39. The van der Waals surface area contributed by atoms with Gasteiger partial charge in [-0.2, -0.15) is 0 Å². The van der Waals surface area contributed by atoms with E-state index in [1.54, 1.807) is 31.2 Å². The molecule has 0 N–H and O–H groups in total. The van der Waals surface area contributed by atoms with Crippen molar-refractivity contribution in [2.45, 2.75) is 17.8 Å². The van der Waals surface area contributed by atoms with Gasteiger partial charge in [0.1, 0.15) is 0 Å². The van der Waals surface area contributed by atoms with Gasteiger partial charge in [0, 0.05) is 0 Å². The van der Waals surface area contributed by atoms with Gasteiger partial charge in [-0.05, 0) is 64.6 Å². The van der Waals surface area contributed by atoms with Crippen LogP contribution in [0.3, 0.4) is 0 Å². The Morgan fingerprint density at radius 1 is 0.583 bits per heavy atom. The summed E-state index contributed by atoms with van der Waals surface area (Å²) in [6, 6.07) is 44.8. The van der Waals surface area contributed by atoms with Crippen molar-refractivity contribution in [1.82, 2.24) is 0 Å². The SMILES string of the molecule is CCOC(=O)c1ccc(N2C(=O)[C@H]3[C@H](C2=O)[C@@]2(c4ccccc4)C(=O)[C@@]3(c3ccccc3)C(c3ccccc3)=C2c2ccccc2)cc1. The van der Waals surface area contributed by atoms with Gasteiger partial charge in [-0.3, -0.25) is 14.4 Å². The predicted octanol–water partition coefficient (Wildman–Crippen LogP) is 7.05. The minimum atomic E-state index is -1.47. The van der Waals surface area contributed by atoms with E-state index in [0.717, 1.165) is 22.3 Å². The summed E-state index contributed by atoms with van der Waals surface area (Å²) in [4.78, 5) is 59.7. The van der Waals surface area contributed by atoms with E-state index in [9.17, 15) is 4.79 Å². The summed E-state index contributed by atoms with van der Waals surface area (Å²) in [5, 5.41) is 0. The molecule has 0 radical (unpaired) electrons. The van der Waals surface area contributed by atoms with Crippen molar-refractivity contribution >= 4 is 40.4 Å². The Kier molecular flexibility index (Phi) is 6.84. The van der Waals surface area contributed by atoms with Gasteiger partial charge in [-0.15, -0.1) is 0 Å². The highest BCUT2D eigenvalue weighted by atomic mass is 16.5. The largest absolute Gasteiger partial charge is 0.462 e. The van der Waals surface area contributed by atoms with Gasteiger partial charge in [-0.25, -0.2) is 9.69 Å². The Bertz CT molecular complexity index is 1990. The number of nitrogens with zero attached hydrogens (tertiary/aromatic N) is 1. The maximum atomic E-state index is 15.9. The molecule has 6 heteroatoms. The average Bonchev–Trinajstić information content (AvgIpc) is 3.65. The van der Waals surface area contributed by atoms with Crippen molar-refractivity contribution in [2.24, 2.45) is 11.8 Å². The number of rotatable bonds is 7. The van der Waals surface area contributed by atoms with Crippen LogP contribution in [0.5, 0.6) is 0 Å². The number of anilines is 1. The first-order valence-electron chi connectivity index (χ1n) is 16.1. The van der Waals surface area contributed by atoms with Gasteiger partial charge in [0.2, 0.25) is 11.8 Å². The molecule has 2 aliphatic carbocycles. The molecule has 3 aliphatic rings. The standard InChI is InChI=1S/C42H31NO5/c1-2-48-39(46)29-23-25-32(26-24-29)43-37(44)35-36(38(43)45)42(31-21-13-6-14-22-31)34(28-17-9-4-10-18-28)33(27-15-7-3-8-16-27)41(35,40(42)47)30-19-11-5-12-20-30/h3-26,35-36H,2H2,1H3/t35-,36-,41+,42+/m1/s1. The molecule has 2 fully saturated rings. The molecule has 8 rings (SSSR count). The number of fused-ring (bicyclic) bond motifs is 5. The lowest BCUT2D eigenvalue weighted by atomic mass is 9.59. The van der Waals surface area contributed by atoms with Gasteiger partial charge in [0.05, 0.1) is 40.5 Å². The number of amides is 2. The molecule has 0 aromatic heterocycles. The van der Waals surface area contributed by atoms with E-state index in [1.165, 1.54) is 4.90 Å². The highest BCUT2D eigenvalue weighted by molar-refractivity contribution is 6.39. The fraction of sp³-hybridized carbons (Fsp3) is 0.143. The molecule has 5 aromatic carbocycles. The van der Waals surface area contributed by atoms with Gasteiger partial charge in [-0.1, -0.05) is 121 Å². The lowest BCUT2D eigenvalue weighted by molar-refractivity contribution is -0.130. The Hall–Kier alpha value is -5.88. The highest BCUT2D eigenvalue weighted by Crippen LogP contribution is 2.74. The van der Waals surface area contributed by atoms with Crippen LogP contribution in [0.25, 0.3) is 11.1 Å². The molecule has 0 spiro atoms. The molecule has 1 saturated carbocycles. The van der Waals surface area contributed by atoms with Crippen molar-refractivity contribution in [3.63, 3.8) is 0 Å². The van der Waals surface area contributed by atoms with Crippen LogP contribution in [0.1, 0.15) is 39.5 Å². The van der Waals surface area contributed by atoms with Crippen LogP contribution in [-0.2, 0) is 30.0 Å². The van der Waals surface area contributed by atoms with Crippen LogP contribution in [-0.4, -0.2) is 30.2 Å². The Morgan fingerprint density at radius 2 is 0.979 bits per heavy atom. The third-order valence-electron chi connectivity index (χ3n) is 10.2.